The lowest BCUT2D eigenvalue weighted by Crippen LogP contribution is -2.45. The van der Waals surface area contributed by atoms with E-state index >= 15 is 0 Å². The molecule has 1 aliphatic heterocycles. The molecular formula is C19H26N2O3S. The summed E-state index contributed by atoms with van der Waals surface area (Å²) in [6, 6.07) is 6.05. The van der Waals surface area contributed by atoms with Gasteiger partial charge in [-0.05, 0) is 51.4 Å². The minimum atomic E-state index is -0.682. The molecule has 5 nitrogen and oxygen atoms in total. The first-order valence-electron chi connectivity index (χ1n) is 8.55. The maximum atomic E-state index is 10.4. The molecule has 6 heteroatoms. The second-order valence-electron chi connectivity index (χ2n) is 7.00. The molecule has 2 heterocycles. The first-order chi connectivity index (χ1) is 11.9. The highest BCUT2D eigenvalue weighted by atomic mass is 32.1. The van der Waals surface area contributed by atoms with Gasteiger partial charge < -0.3 is 14.6 Å². The quantitative estimate of drug-likeness (QED) is 0.851. The molecule has 0 amide bonds. The molecule has 1 atom stereocenters. The Labute approximate surface area is 153 Å². The maximum Gasteiger partial charge on any atom is 0.161 e. The van der Waals surface area contributed by atoms with Crippen molar-refractivity contribution in [3.8, 4) is 22.1 Å². The van der Waals surface area contributed by atoms with Crippen LogP contribution in [-0.4, -0.2) is 47.4 Å². The Morgan fingerprint density at radius 2 is 2.04 bits per heavy atom. The van der Waals surface area contributed by atoms with Crippen molar-refractivity contribution in [1.82, 2.24) is 9.88 Å². The van der Waals surface area contributed by atoms with Crippen LogP contribution in [0, 0.1) is 0 Å². The Kier molecular flexibility index (Phi) is 5.32. The van der Waals surface area contributed by atoms with E-state index in [2.05, 4.69) is 10.3 Å². The van der Waals surface area contributed by atoms with Gasteiger partial charge in [0.05, 0.1) is 25.5 Å². The average Bonchev–Trinajstić information content (AvgIpc) is 3.23. The van der Waals surface area contributed by atoms with Crippen LogP contribution in [0.25, 0.3) is 10.6 Å². The lowest BCUT2D eigenvalue weighted by molar-refractivity contribution is -0.00530. The molecule has 0 bridgehead atoms. The summed E-state index contributed by atoms with van der Waals surface area (Å²) < 4.78 is 10.7. The summed E-state index contributed by atoms with van der Waals surface area (Å²) in [6.07, 6.45) is 2.16. The molecule has 136 valence electrons. The van der Waals surface area contributed by atoms with Crippen LogP contribution in [0.15, 0.2) is 23.6 Å². The Morgan fingerprint density at radius 3 is 2.72 bits per heavy atom. The molecular weight excluding hydrogens is 336 g/mol. The molecule has 1 aromatic heterocycles. The van der Waals surface area contributed by atoms with E-state index in [9.17, 15) is 5.11 Å². The van der Waals surface area contributed by atoms with Gasteiger partial charge in [0, 0.05) is 23.5 Å². The lowest BCUT2D eigenvalue weighted by Gasteiger charge is -2.33. The van der Waals surface area contributed by atoms with Gasteiger partial charge in [0.15, 0.2) is 11.5 Å². The van der Waals surface area contributed by atoms with Gasteiger partial charge >= 0.3 is 0 Å². The number of ether oxygens (including phenoxy) is 2. The van der Waals surface area contributed by atoms with E-state index in [1.807, 2.05) is 32.0 Å². The van der Waals surface area contributed by atoms with Crippen molar-refractivity contribution in [2.45, 2.75) is 44.9 Å². The van der Waals surface area contributed by atoms with Crippen LogP contribution >= 0.6 is 11.3 Å². The van der Waals surface area contributed by atoms with Crippen LogP contribution < -0.4 is 9.47 Å². The third kappa shape index (κ3) is 3.97. The second-order valence-corrected chi connectivity index (χ2v) is 7.85. The van der Waals surface area contributed by atoms with E-state index in [-0.39, 0.29) is 6.04 Å². The molecule has 1 N–H and O–H groups in total. The van der Waals surface area contributed by atoms with Gasteiger partial charge in [-0.15, -0.1) is 11.3 Å². The van der Waals surface area contributed by atoms with Gasteiger partial charge in [-0.25, -0.2) is 4.98 Å². The molecule has 1 unspecified atom stereocenters. The van der Waals surface area contributed by atoms with Gasteiger partial charge in [-0.2, -0.15) is 0 Å². The first kappa shape index (κ1) is 18.2. The fourth-order valence-electron chi connectivity index (χ4n) is 3.50. The van der Waals surface area contributed by atoms with Crippen LogP contribution in [0.4, 0.5) is 0 Å². The van der Waals surface area contributed by atoms with Gasteiger partial charge in [0.1, 0.15) is 5.01 Å². The van der Waals surface area contributed by atoms with Crippen LogP contribution in [-0.2, 0) is 6.54 Å². The van der Waals surface area contributed by atoms with Crippen molar-refractivity contribution in [1.29, 1.82) is 0 Å². The van der Waals surface area contributed by atoms with Gasteiger partial charge in [-0.1, -0.05) is 0 Å². The SMILES string of the molecule is COc1ccc(-c2nc(CN3CCCC3C(C)(C)O)cs2)cc1OC. The van der Waals surface area contributed by atoms with Crippen molar-refractivity contribution in [3.05, 3.63) is 29.3 Å². The van der Waals surface area contributed by atoms with E-state index in [0.717, 1.165) is 42.2 Å². The van der Waals surface area contributed by atoms with E-state index < -0.39 is 5.60 Å². The summed E-state index contributed by atoms with van der Waals surface area (Å²) >= 11 is 1.63. The fraction of sp³-hybridized carbons (Fsp3) is 0.526. The van der Waals surface area contributed by atoms with Crippen LogP contribution in [0.5, 0.6) is 11.5 Å². The number of thiazole rings is 1. The zero-order valence-electron chi connectivity index (χ0n) is 15.3. The Hall–Kier alpha value is -1.63. The fourth-order valence-corrected chi connectivity index (χ4v) is 4.31. The number of aromatic nitrogens is 1. The topological polar surface area (TPSA) is 54.8 Å². The first-order valence-corrected chi connectivity index (χ1v) is 9.43. The van der Waals surface area contributed by atoms with E-state index in [1.54, 1.807) is 25.6 Å². The molecule has 0 radical (unpaired) electrons. The normalized spacial score (nSPS) is 18.5. The smallest absolute Gasteiger partial charge is 0.161 e. The Morgan fingerprint density at radius 1 is 1.28 bits per heavy atom. The van der Waals surface area contributed by atoms with Gasteiger partial charge in [0.2, 0.25) is 0 Å². The minimum absolute atomic E-state index is 0.193. The van der Waals surface area contributed by atoms with Crippen LogP contribution in [0.3, 0.4) is 0 Å². The van der Waals surface area contributed by atoms with Crippen LogP contribution in [0.2, 0.25) is 0 Å². The Balaban J connectivity index is 1.77. The predicted octanol–water partition coefficient (Wildman–Crippen LogP) is 3.56. The Bertz CT molecular complexity index is 724. The summed E-state index contributed by atoms with van der Waals surface area (Å²) in [5.74, 6) is 1.42. The van der Waals surface area contributed by atoms with Crippen LogP contribution in [0.1, 0.15) is 32.4 Å². The molecule has 1 fully saturated rings. The summed E-state index contributed by atoms with van der Waals surface area (Å²) in [5.41, 5.74) is 1.39. The number of benzene rings is 1. The number of nitrogens with zero attached hydrogens (tertiary/aromatic N) is 2. The molecule has 1 saturated heterocycles. The number of likely N-dealkylation sites (tertiary alicyclic amines) is 1. The molecule has 1 aliphatic rings. The van der Waals surface area contributed by atoms with E-state index in [4.69, 9.17) is 14.5 Å². The summed E-state index contributed by atoms with van der Waals surface area (Å²) in [6.45, 7) is 5.58. The minimum Gasteiger partial charge on any atom is -0.493 e. The third-order valence-electron chi connectivity index (χ3n) is 4.73. The van der Waals surface area contributed by atoms with Crippen molar-refractivity contribution in [2.75, 3.05) is 20.8 Å². The van der Waals surface area contributed by atoms with Crippen molar-refractivity contribution >= 4 is 11.3 Å². The third-order valence-corrected chi connectivity index (χ3v) is 5.67. The number of hydrogen-bond acceptors (Lipinski definition) is 6. The number of rotatable bonds is 6. The monoisotopic (exact) mass is 362 g/mol. The van der Waals surface area contributed by atoms with E-state index in [0.29, 0.717) is 11.5 Å². The molecule has 2 aromatic rings. The number of methoxy groups -OCH3 is 2. The average molecular weight is 362 g/mol. The molecule has 25 heavy (non-hydrogen) atoms. The molecule has 0 spiro atoms. The van der Waals surface area contributed by atoms with Crippen molar-refractivity contribution in [2.24, 2.45) is 0 Å². The lowest BCUT2D eigenvalue weighted by atomic mass is 9.96. The molecule has 1 aromatic carbocycles. The summed E-state index contributed by atoms with van der Waals surface area (Å²) in [4.78, 5) is 7.13. The zero-order chi connectivity index (χ0) is 18.0. The highest BCUT2D eigenvalue weighted by Crippen LogP contribution is 2.34. The molecule has 0 saturated carbocycles. The highest BCUT2D eigenvalue weighted by molar-refractivity contribution is 7.13. The van der Waals surface area contributed by atoms with E-state index in [1.165, 1.54) is 0 Å². The number of hydrogen-bond donors (Lipinski definition) is 1. The maximum absolute atomic E-state index is 10.4. The van der Waals surface area contributed by atoms with Gasteiger partial charge in [-0.3, -0.25) is 4.90 Å². The highest BCUT2D eigenvalue weighted by Gasteiger charge is 2.35. The predicted molar refractivity (Wildman–Crippen MR) is 100 cm³/mol. The molecule has 3 rings (SSSR count). The zero-order valence-corrected chi connectivity index (χ0v) is 16.1. The molecule has 0 aliphatic carbocycles. The largest absolute Gasteiger partial charge is 0.493 e. The summed E-state index contributed by atoms with van der Waals surface area (Å²) in [7, 11) is 3.27. The van der Waals surface area contributed by atoms with Crippen molar-refractivity contribution in [3.63, 3.8) is 0 Å². The van der Waals surface area contributed by atoms with Gasteiger partial charge in [0.25, 0.3) is 0 Å². The standard InChI is InChI=1S/C19H26N2O3S/c1-19(2,22)17-6-5-9-21(17)11-14-12-25-18(20-14)13-7-8-15(23-3)16(10-13)24-4/h7-8,10,12,17,22H,5-6,9,11H2,1-4H3. The second kappa shape index (κ2) is 7.32. The summed E-state index contributed by atoms with van der Waals surface area (Å²) in [5, 5.41) is 13.4. The van der Waals surface area contributed by atoms with Crippen molar-refractivity contribution < 1.29 is 14.6 Å². The number of aliphatic hydroxyl groups is 1.